The standard InChI is InChI=1S/C34H42N10O5S/c1-48-27-11-9-25(10-12-27)24-43(29-21-31(37-28-5-2-3-6-30(28)45)39-44-26(22-35)23-36-34(29)44)33-8-4-7-32(38-33)40-13-15-41(16-14-40)50(46,47)42-17-19-49-20-18-42/h4,7-12,21,23,28,30,45H,2-3,5-6,13-20,24H2,1H3,(H,37,39)/t28-,30-/m1/s1. The molecule has 264 valence electrons. The van der Waals surface area contributed by atoms with Gasteiger partial charge in [-0.25, -0.2) is 9.97 Å². The molecule has 0 amide bonds. The van der Waals surface area contributed by atoms with E-state index in [0.717, 1.165) is 42.8 Å². The van der Waals surface area contributed by atoms with Gasteiger partial charge in [-0.2, -0.15) is 26.8 Å². The molecule has 2 aliphatic heterocycles. The number of hydrogen-bond acceptors (Lipinski definition) is 12. The van der Waals surface area contributed by atoms with E-state index in [4.69, 9.17) is 19.6 Å². The lowest BCUT2D eigenvalue weighted by Crippen LogP contribution is -2.55. The fraction of sp³-hybridized carbons (Fsp3) is 0.471. The summed E-state index contributed by atoms with van der Waals surface area (Å²) in [6.45, 7) is 3.62. The lowest BCUT2D eigenvalue weighted by atomic mass is 9.92. The van der Waals surface area contributed by atoms with Gasteiger partial charge in [0, 0.05) is 51.9 Å². The van der Waals surface area contributed by atoms with Gasteiger partial charge in [-0.1, -0.05) is 31.0 Å². The number of nitrogens with one attached hydrogen (secondary N) is 1. The predicted molar refractivity (Wildman–Crippen MR) is 188 cm³/mol. The molecule has 0 unspecified atom stereocenters. The summed E-state index contributed by atoms with van der Waals surface area (Å²) in [4.78, 5) is 13.9. The second-order valence-electron chi connectivity index (χ2n) is 12.7. The molecule has 1 aliphatic carbocycles. The summed E-state index contributed by atoms with van der Waals surface area (Å²) in [6, 6.07) is 17.5. The number of ether oxygens (including phenoxy) is 2. The number of hydrogen-bond donors (Lipinski definition) is 2. The Bertz CT molecular complexity index is 1940. The molecule has 4 aromatic rings. The number of nitrogens with zero attached hydrogens (tertiary/aromatic N) is 9. The molecule has 3 aromatic heterocycles. The van der Waals surface area contributed by atoms with Crippen LogP contribution >= 0.6 is 0 Å². The zero-order chi connectivity index (χ0) is 34.7. The van der Waals surface area contributed by atoms with Crippen molar-refractivity contribution in [2.24, 2.45) is 0 Å². The summed E-state index contributed by atoms with van der Waals surface area (Å²) < 4.78 is 41.9. The van der Waals surface area contributed by atoms with Crippen LogP contribution in [0.4, 0.5) is 23.1 Å². The van der Waals surface area contributed by atoms with E-state index in [-0.39, 0.29) is 11.7 Å². The third-order valence-electron chi connectivity index (χ3n) is 9.60. The van der Waals surface area contributed by atoms with Crippen LogP contribution in [-0.4, -0.2) is 113 Å². The van der Waals surface area contributed by atoms with E-state index in [0.29, 0.717) is 82.0 Å². The van der Waals surface area contributed by atoms with Gasteiger partial charge in [0.2, 0.25) is 0 Å². The molecule has 50 heavy (non-hydrogen) atoms. The molecule has 3 fully saturated rings. The number of nitriles is 1. The van der Waals surface area contributed by atoms with Crippen LogP contribution in [0.2, 0.25) is 0 Å². The number of pyridine rings is 1. The summed E-state index contributed by atoms with van der Waals surface area (Å²) in [6.07, 6.45) is 4.52. The molecule has 0 radical (unpaired) electrons. The molecule has 15 nitrogen and oxygen atoms in total. The smallest absolute Gasteiger partial charge is 0.282 e. The van der Waals surface area contributed by atoms with E-state index in [1.54, 1.807) is 11.4 Å². The number of fused-ring (bicyclic) bond motifs is 1. The van der Waals surface area contributed by atoms with Gasteiger partial charge in [0.25, 0.3) is 10.2 Å². The van der Waals surface area contributed by atoms with Crippen molar-refractivity contribution in [3.05, 3.63) is 66.0 Å². The molecule has 5 heterocycles. The second-order valence-corrected chi connectivity index (χ2v) is 14.6. The van der Waals surface area contributed by atoms with Crippen LogP contribution in [0.5, 0.6) is 5.75 Å². The van der Waals surface area contributed by atoms with Gasteiger partial charge in [-0.05, 0) is 42.7 Å². The Balaban J connectivity index is 1.22. The third kappa shape index (κ3) is 7.05. The van der Waals surface area contributed by atoms with Crippen molar-refractivity contribution in [2.75, 3.05) is 74.7 Å². The van der Waals surface area contributed by atoms with E-state index in [9.17, 15) is 18.8 Å². The highest BCUT2D eigenvalue weighted by atomic mass is 32.2. The molecular weight excluding hydrogens is 661 g/mol. The fourth-order valence-corrected chi connectivity index (χ4v) is 8.36. The number of piperazine rings is 1. The Kier molecular flexibility index (Phi) is 10.0. The van der Waals surface area contributed by atoms with E-state index in [2.05, 4.69) is 21.3 Å². The number of anilines is 4. The van der Waals surface area contributed by atoms with Crippen molar-refractivity contribution in [3.8, 4) is 11.8 Å². The molecule has 0 spiro atoms. The Morgan fingerprint density at radius 2 is 1.78 bits per heavy atom. The molecule has 0 bridgehead atoms. The van der Waals surface area contributed by atoms with Gasteiger partial charge in [0.05, 0.1) is 44.4 Å². The van der Waals surface area contributed by atoms with Crippen molar-refractivity contribution in [1.29, 1.82) is 5.26 Å². The van der Waals surface area contributed by atoms with Gasteiger partial charge in [-0.15, -0.1) is 5.10 Å². The number of methoxy groups -OCH3 is 1. The van der Waals surface area contributed by atoms with E-state index in [1.165, 1.54) is 15.0 Å². The average molecular weight is 703 g/mol. The van der Waals surface area contributed by atoms with Crippen molar-refractivity contribution in [2.45, 2.75) is 44.4 Å². The Morgan fingerprint density at radius 1 is 1.04 bits per heavy atom. The number of benzene rings is 1. The summed E-state index contributed by atoms with van der Waals surface area (Å²) >= 11 is 0. The first-order chi connectivity index (χ1) is 24.3. The largest absolute Gasteiger partial charge is 0.497 e. The maximum absolute atomic E-state index is 13.3. The van der Waals surface area contributed by atoms with E-state index in [1.807, 2.05) is 53.4 Å². The SMILES string of the molecule is COc1ccc(CN(c2cccc(N3CCN(S(=O)(=O)N4CCOCC4)CC3)n2)c2cc(N[C@@H]3CCCC[C@H]3O)nn3c(C#N)cnc23)cc1. The van der Waals surface area contributed by atoms with E-state index < -0.39 is 16.3 Å². The second kappa shape index (κ2) is 14.8. The first-order valence-corrected chi connectivity index (χ1v) is 18.4. The normalized spacial score (nSPS) is 20.8. The minimum absolute atomic E-state index is 0.169. The average Bonchev–Trinajstić information content (AvgIpc) is 3.58. The van der Waals surface area contributed by atoms with Crippen molar-refractivity contribution >= 4 is 39.0 Å². The number of morpholine rings is 1. The molecule has 2 N–H and O–H groups in total. The van der Waals surface area contributed by atoms with Crippen LogP contribution in [0.3, 0.4) is 0 Å². The Labute approximate surface area is 291 Å². The molecule has 7 rings (SSSR count). The highest BCUT2D eigenvalue weighted by Gasteiger charge is 2.34. The highest BCUT2D eigenvalue weighted by molar-refractivity contribution is 7.86. The van der Waals surface area contributed by atoms with Crippen molar-refractivity contribution in [3.63, 3.8) is 0 Å². The van der Waals surface area contributed by atoms with Crippen molar-refractivity contribution in [1.82, 2.24) is 28.2 Å². The van der Waals surface area contributed by atoms with E-state index >= 15 is 0 Å². The summed E-state index contributed by atoms with van der Waals surface area (Å²) in [7, 11) is -1.93. The van der Waals surface area contributed by atoms with Crippen molar-refractivity contribution < 1.29 is 23.0 Å². The predicted octanol–water partition coefficient (Wildman–Crippen LogP) is 2.76. The summed E-state index contributed by atoms with van der Waals surface area (Å²) in [5, 5.41) is 28.8. The van der Waals surface area contributed by atoms with Crippen LogP contribution < -0.4 is 19.9 Å². The molecule has 2 atom stereocenters. The van der Waals surface area contributed by atoms with Gasteiger partial charge >= 0.3 is 0 Å². The van der Waals surface area contributed by atoms with Gasteiger partial charge in [0.1, 0.15) is 29.3 Å². The zero-order valence-corrected chi connectivity index (χ0v) is 28.9. The summed E-state index contributed by atoms with van der Waals surface area (Å²) in [5.74, 6) is 2.62. The molecule has 16 heteroatoms. The molecule has 1 aromatic carbocycles. The zero-order valence-electron chi connectivity index (χ0n) is 28.1. The number of aliphatic hydroxyl groups excluding tert-OH is 1. The molecule has 2 saturated heterocycles. The topological polar surface area (TPSA) is 165 Å². The Hall–Kier alpha value is -4.53. The summed E-state index contributed by atoms with van der Waals surface area (Å²) in [5.41, 5.74) is 2.43. The van der Waals surface area contributed by atoms with Crippen LogP contribution in [0.25, 0.3) is 5.65 Å². The number of aliphatic hydroxyl groups is 1. The maximum atomic E-state index is 13.3. The monoisotopic (exact) mass is 702 g/mol. The minimum atomic E-state index is -3.56. The number of aromatic nitrogens is 4. The van der Waals surface area contributed by atoms with Crippen LogP contribution in [0.15, 0.2) is 54.7 Å². The number of rotatable bonds is 10. The van der Waals surface area contributed by atoms with Gasteiger partial charge in [0.15, 0.2) is 11.3 Å². The first kappa shape index (κ1) is 33.9. The third-order valence-corrected chi connectivity index (χ3v) is 11.6. The lowest BCUT2D eigenvalue weighted by Gasteiger charge is -2.38. The van der Waals surface area contributed by atoms with Gasteiger partial charge in [-0.3, -0.25) is 0 Å². The van der Waals surface area contributed by atoms with Crippen LogP contribution in [0, 0.1) is 11.3 Å². The van der Waals surface area contributed by atoms with Crippen LogP contribution in [0.1, 0.15) is 36.9 Å². The lowest BCUT2D eigenvalue weighted by molar-refractivity contribution is 0.0700. The quantitative estimate of drug-likeness (QED) is 0.249. The molecule has 3 aliphatic rings. The number of imidazole rings is 1. The maximum Gasteiger partial charge on any atom is 0.282 e. The Morgan fingerprint density at radius 3 is 2.50 bits per heavy atom. The highest BCUT2D eigenvalue weighted by Crippen LogP contribution is 2.34. The molecule has 1 saturated carbocycles. The van der Waals surface area contributed by atoms with Crippen LogP contribution in [-0.2, 0) is 21.5 Å². The molecular formula is C34H42N10O5S. The van der Waals surface area contributed by atoms with Gasteiger partial charge < -0.3 is 29.7 Å². The minimum Gasteiger partial charge on any atom is -0.497 e. The first-order valence-electron chi connectivity index (χ1n) is 17.0. The fourth-order valence-electron chi connectivity index (χ4n) is 6.80.